The fraction of sp³-hybridized carbons (Fsp3) is 0.613. The minimum Gasteiger partial charge on any atom is -0.493 e. The third-order valence-electron chi connectivity index (χ3n) is 11.0. The Hall–Kier alpha value is -2.04. The van der Waals surface area contributed by atoms with Gasteiger partial charge < -0.3 is 14.2 Å². The lowest BCUT2D eigenvalue weighted by Gasteiger charge is -2.67. The van der Waals surface area contributed by atoms with Crippen LogP contribution in [0, 0.1) is 17.3 Å². The molecule has 0 N–H and O–H groups in total. The number of methoxy groups -OCH3 is 1. The molecular weight excluding hydrogens is 434 g/mol. The Morgan fingerprint density at radius 3 is 2.71 bits per heavy atom. The van der Waals surface area contributed by atoms with Crippen LogP contribution in [0.2, 0.25) is 0 Å². The first kappa shape index (κ1) is 21.1. The van der Waals surface area contributed by atoms with Crippen LogP contribution in [-0.4, -0.2) is 50.0 Å². The predicted molar refractivity (Wildman–Crippen MR) is 135 cm³/mol. The molecule has 4 unspecified atom stereocenters. The van der Waals surface area contributed by atoms with Gasteiger partial charge in [0.15, 0.2) is 11.5 Å². The van der Waals surface area contributed by atoms with Gasteiger partial charge in [-0.2, -0.15) is 0 Å². The molecule has 4 fully saturated rings. The first-order chi connectivity index (χ1) is 17.2. The van der Waals surface area contributed by atoms with E-state index in [-0.39, 0.29) is 23.0 Å². The van der Waals surface area contributed by atoms with Gasteiger partial charge in [-0.1, -0.05) is 42.8 Å². The summed E-state index contributed by atoms with van der Waals surface area (Å²) in [6, 6.07) is 16.2. The second kappa shape index (κ2) is 7.49. The van der Waals surface area contributed by atoms with Crippen LogP contribution in [0.15, 0.2) is 42.5 Å². The van der Waals surface area contributed by atoms with Crippen molar-refractivity contribution in [2.24, 2.45) is 17.3 Å². The number of hydrogen-bond donors (Lipinski definition) is 0. The minimum atomic E-state index is 0.0968. The van der Waals surface area contributed by atoms with Crippen molar-refractivity contribution in [2.45, 2.75) is 75.0 Å². The highest BCUT2D eigenvalue weighted by Gasteiger charge is 2.73. The van der Waals surface area contributed by atoms with Crippen molar-refractivity contribution in [3.05, 3.63) is 59.2 Å². The van der Waals surface area contributed by atoms with Gasteiger partial charge >= 0.3 is 0 Å². The Morgan fingerprint density at radius 2 is 1.97 bits per heavy atom. The molecule has 2 aromatic carbocycles. The smallest absolute Gasteiger partial charge is 0.165 e. The number of ether oxygens (including phenoxy) is 3. The SMILES string of the molecule is COc1ccc2c3c1OC1[C@H]4OC[C@@]4(CCc4ccccc4)CC4C(C2)N(CC2CCC2)CCC341. The number of fused-ring (bicyclic) bond motifs is 2. The van der Waals surface area contributed by atoms with Gasteiger partial charge in [-0.25, -0.2) is 0 Å². The Balaban J connectivity index is 1.20. The van der Waals surface area contributed by atoms with Crippen molar-refractivity contribution in [3.63, 3.8) is 0 Å². The molecule has 6 aliphatic rings. The lowest BCUT2D eigenvalue weighted by molar-refractivity contribution is -0.280. The highest BCUT2D eigenvalue weighted by molar-refractivity contribution is 5.61. The van der Waals surface area contributed by atoms with Crippen LogP contribution in [0.5, 0.6) is 11.5 Å². The van der Waals surface area contributed by atoms with Gasteiger partial charge in [-0.15, -0.1) is 0 Å². The second-order valence-corrected chi connectivity index (χ2v) is 12.4. The molecule has 2 bridgehead atoms. The number of benzene rings is 2. The maximum Gasteiger partial charge on any atom is 0.165 e. The number of aryl methyl sites for hydroxylation is 1. The van der Waals surface area contributed by atoms with Gasteiger partial charge in [0.2, 0.25) is 0 Å². The molecular formula is C31H37NO3. The van der Waals surface area contributed by atoms with Crippen molar-refractivity contribution in [1.82, 2.24) is 4.90 Å². The van der Waals surface area contributed by atoms with Crippen LogP contribution in [0.1, 0.15) is 55.2 Å². The largest absolute Gasteiger partial charge is 0.493 e. The molecule has 2 saturated carbocycles. The van der Waals surface area contributed by atoms with E-state index in [0.29, 0.717) is 12.0 Å². The molecule has 0 radical (unpaired) electrons. The summed E-state index contributed by atoms with van der Waals surface area (Å²) in [6.07, 6.45) is 10.6. The summed E-state index contributed by atoms with van der Waals surface area (Å²) >= 11 is 0. The second-order valence-electron chi connectivity index (χ2n) is 12.4. The topological polar surface area (TPSA) is 30.9 Å². The van der Waals surface area contributed by atoms with E-state index >= 15 is 0 Å². The molecule has 6 atom stereocenters. The molecule has 3 aliphatic heterocycles. The average Bonchev–Trinajstić information content (AvgIpc) is 3.16. The van der Waals surface area contributed by atoms with Crippen LogP contribution in [0.25, 0.3) is 0 Å². The molecule has 35 heavy (non-hydrogen) atoms. The molecule has 2 saturated heterocycles. The first-order valence-electron chi connectivity index (χ1n) is 14.0. The quantitative estimate of drug-likeness (QED) is 0.582. The van der Waals surface area contributed by atoms with Gasteiger partial charge in [0.1, 0.15) is 12.2 Å². The summed E-state index contributed by atoms with van der Waals surface area (Å²) in [5, 5.41) is 0. The summed E-state index contributed by atoms with van der Waals surface area (Å²) in [6.45, 7) is 3.40. The van der Waals surface area contributed by atoms with E-state index in [9.17, 15) is 0 Å². The maximum absolute atomic E-state index is 6.99. The molecule has 1 spiro atoms. The van der Waals surface area contributed by atoms with Crippen molar-refractivity contribution in [1.29, 1.82) is 0 Å². The molecule has 3 heterocycles. The van der Waals surface area contributed by atoms with E-state index in [1.54, 1.807) is 7.11 Å². The predicted octanol–water partition coefficient (Wildman–Crippen LogP) is 5.16. The Labute approximate surface area is 208 Å². The zero-order chi connectivity index (χ0) is 23.2. The maximum atomic E-state index is 6.99. The van der Waals surface area contributed by atoms with Crippen molar-refractivity contribution < 1.29 is 14.2 Å². The Bertz CT molecular complexity index is 1150. The number of hydrogen-bond acceptors (Lipinski definition) is 4. The van der Waals surface area contributed by atoms with Gasteiger partial charge in [-0.3, -0.25) is 4.90 Å². The van der Waals surface area contributed by atoms with E-state index in [4.69, 9.17) is 14.2 Å². The monoisotopic (exact) mass is 471 g/mol. The van der Waals surface area contributed by atoms with Gasteiger partial charge in [0, 0.05) is 29.0 Å². The number of rotatable bonds is 6. The summed E-state index contributed by atoms with van der Waals surface area (Å²) in [7, 11) is 1.79. The summed E-state index contributed by atoms with van der Waals surface area (Å²) < 4.78 is 19.3. The van der Waals surface area contributed by atoms with Gasteiger partial charge in [0.25, 0.3) is 0 Å². The molecule has 3 aliphatic carbocycles. The van der Waals surface area contributed by atoms with E-state index in [1.807, 2.05) is 0 Å². The third kappa shape index (κ3) is 2.76. The fourth-order valence-corrected chi connectivity index (χ4v) is 9.05. The van der Waals surface area contributed by atoms with E-state index < -0.39 is 0 Å². The molecule has 0 amide bonds. The highest BCUT2D eigenvalue weighted by Crippen LogP contribution is 2.69. The Kier molecular flexibility index (Phi) is 4.51. The molecule has 0 aromatic heterocycles. The Morgan fingerprint density at radius 1 is 1.09 bits per heavy atom. The number of likely N-dealkylation sites (tertiary alicyclic amines) is 1. The zero-order valence-electron chi connectivity index (χ0n) is 20.9. The molecule has 8 rings (SSSR count). The van der Waals surface area contributed by atoms with Crippen LogP contribution in [0.3, 0.4) is 0 Å². The fourth-order valence-electron chi connectivity index (χ4n) is 9.05. The summed E-state index contributed by atoms with van der Waals surface area (Å²) in [4.78, 5) is 2.91. The molecule has 4 heteroatoms. The molecule has 184 valence electrons. The van der Waals surface area contributed by atoms with Crippen LogP contribution in [0.4, 0.5) is 0 Å². The number of nitrogens with zero attached hydrogens (tertiary/aromatic N) is 1. The first-order valence-corrected chi connectivity index (χ1v) is 14.0. The van der Waals surface area contributed by atoms with Crippen molar-refractivity contribution in [3.8, 4) is 11.5 Å². The average molecular weight is 472 g/mol. The summed E-state index contributed by atoms with van der Waals surface area (Å²) in [5.74, 6) is 3.53. The minimum absolute atomic E-state index is 0.0968. The lowest BCUT2D eigenvalue weighted by Crippen LogP contribution is -2.75. The summed E-state index contributed by atoms with van der Waals surface area (Å²) in [5.41, 5.74) is 4.79. The van der Waals surface area contributed by atoms with E-state index in [2.05, 4.69) is 47.4 Å². The highest BCUT2D eigenvalue weighted by atomic mass is 16.6. The van der Waals surface area contributed by atoms with Crippen LogP contribution < -0.4 is 9.47 Å². The van der Waals surface area contributed by atoms with Crippen molar-refractivity contribution >= 4 is 0 Å². The molecule has 4 nitrogen and oxygen atoms in total. The standard InChI is InChI=1S/C31H37NO3/c1-33-25-11-10-22-16-24-23-17-30(13-12-20-6-3-2-4-7-20)19-34-28(30)29-31(23,26(22)27(25)35-29)14-15-32(24)18-21-8-5-9-21/h2-4,6-7,10-11,21,23-24,28-29H,5,8-9,12-19H2,1H3/t23?,24?,28-,29?,30-,31?/m1/s1. The number of piperidine rings is 1. The van der Waals surface area contributed by atoms with E-state index in [0.717, 1.165) is 30.4 Å². The third-order valence-corrected chi connectivity index (χ3v) is 11.0. The normalized spacial score (nSPS) is 38.5. The van der Waals surface area contributed by atoms with Gasteiger partial charge in [0.05, 0.1) is 13.7 Å². The van der Waals surface area contributed by atoms with Crippen LogP contribution >= 0.6 is 0 Å². The van der Waals surface area contributed by atoms with Crippen LogP contribution in [-0.2, 0) is 23.0 Å². The van der Waals surface area contributed by atoms with E-state index in [1.165, 1.54) is 74.7 Å². The lowest BCUT2D eigenvalue weighted by atomic mass is 9.45. The van der Waals surface area contributed by atoms with Gasteiger partial charge in [-0.05, 0) is 80.5 Å². The molecule has 2 aromatic rings. The van der Waals surface area contributed by atoms with Crippen molar-refractivity contribution in [2.75, 3.05) is 26.8 Å². The zero-order valence-corrected chi connectivity index (χ0v) is 20.9.